The molecule has 6 heteroatoms. The Morgan fingerprint density at radius 2 is 2.00 bits per heavy atom. The number of hydrogen-bond donors (Lipinski definition) is 0. The summed E-state index contributed by atoms with van der Waals surface area (Å²) < 4.78 is 0. The Balaban J connectivity index is 1.68. The SMILES string of the molecule is Cc1nc2c(C)cccc2cc1C(=O)N1CCc2c(ncnc2N(C)C)C1. The Morgan fingerprint density at radius 3 is 2.78 bits per heavy atom. The van der Waals surface area contributed by atoms with E-state index in [9.17, 15) is 4.79 Å². The van der Waals surface area contributed by atoms with Gasteiger partial charge in [-0.05, 0) is 31.9 Å². The van der Waals surface area contributed by atoms with Crippen LogP contribution in [0, 0.1) is 13.8 Å². The highest BCUT2D eigenvalue weighted by Crippen LogP contribution is 2.26. The second-order valence-electron chi connectivity index (χ2n) is 7.26. The van der Waals surface area contributed by atoms with Crippen LogP contribution in [0.25, 0.3) is 10.9 Å². The van der Waals surface area contributed by atoms with E-state index in [0.29, 0.717) is 18.7 Å². The molecule has 0 spiro atoms. The van der Waals surface area contributed by atoms with Crippen molar-refractivity contribution in [1.29, 1.82) is 0 Å². The number of pyridine rings is 1. The molecule has 0 unspecified atom stereocenters. The maximum absolute atomic E-state index is 13.2. The van der Waals surface area contributed by atoms with Gasteiger partial charge in [-0.15, -0.1) is 0 Å². The van der Waals surface area contributed by atoms with E-state index >= 15 is 0 Å². The van der Waals surface area contributed by atoms with Crippen molar-refractivity contribution in [2.24, 2.45) is 0 Å². The fourth-order valence-corrected chi connectivity index (χ4v) is 3.72. The molecule has 1 aliphatic rings. The lowest BCUT2D eigenvalue weighted by Gasteiger charge is -2.30. The van der Waals surface area contributed by atoms with Gasteiger partial charge in [0, 0.05) is 31.6 Å². The molecular formula is C21H23N5O. The molecule has 0 saturated heterocycles. The molecule has 0 fully saturated rings. The minimum absolute atomic E-state index is 0.0130. The fraction of sp³-hybridized carbons (Fsp3) is 0.333. The zero-order chi connectivity index (χ0) is 19.1. The Morgan fingerprint density at radius 1 is 1.19 bits per heavy atom. The maximum atomic E-state index is 13.2. The molecule has 138 valence electrons. The molecule has 6 nitrogen and oxygen atoms in total. The predicted molar refractivity (Wildman–Crippen MR) is 106 cm³/mol. The van der Waals surface area contributed by atoms with Gasteiger partial charge in [-0.25, -0.2) is 9.97 Å². The monoisotopic (exact) mass is 361 g/mol. The molecule has 0 aliphatic carbocycles. The molecular weight excluding hydrogens is 338 g/mol. The van der Waals surface area contributed by atoms with Crippen molar-refractivity contribution in [3.05, 3.63) is 58.7 Å². The summed E-state index contributed by atoms with van der Waals surface area (Å²) in [6, 6.07) is 8.01. The van der Waals surface area contributed by atoms with E-state index in [1.54, 1.807) is 6.33 Å². The summed E-state index contributed by atoms with van der Waals surface area (Å²) >= 11 is 0. The van der Waals surface area contributed by atoms with Gasteiger partial charge < -0.3 is 9.80 Å². The number of anilines is 1. The first-order chi connectivity index (χ1) is 13.0. The Labute approximate surface area is 158 Å². The van der Waals surface area contributed by atoms with Crippen LogP contribution in [0.4, 0.5) is 5.82 Å². The number of rotatable bonds is 2. The summed E-state index contributed by atoms with van der Waals surface area (Å²) in [4.78, 5) is 30.6. The number of para-hydroxylation sites is 1. The molecule has 0 bridgehead atoms. The summed E-state index contributed by atoms with van der Waals surface area (Å²) in [5.74, 6) is 0.949. The largest absolute Gasteiger partial charge is 0.362 e. The smallest absolute Gasteiger partial charge is 0.256 e. The molecule has 1 aromatic carbocycles. The van der Waals surface area contributed by atoms with Crippen LogP contribution in [0.2, 0.25) is 0 Å². The highest BCUT2D eigenvalue weighted by atomic mass is 16.2. The van der Waals surface area contributed by atoms with Crippen molar-refractivity contribution in [2.45, 2.75) is 26.8 Å². The number of hydrogen-bond acceptors (Lipinski definition) is 5. The number of aryl methyl sites for hydroxylation is 2. The van der Waals surface area contributed by atoms with Crippen LogP contribution in [0.5, 0.6) is 0 Å². The average Bonchev–Trinajstić information content (AvgIpc) is 2.66. The quantitative estimate of drug-likeness (QED) is 0.702. The second-order valence-corrected chi connectivity index (χ2v) is 7.26. The molecule has 0 saturated carbocycles. The van der Waals surface area contributed by atoms with Crippen LogP contribution < -0.4 is 4.90 Å². The summed E-state index contributed by atoms with van der Waals surface area (Å²) in [7, 11) is 3.96. The van der Waals surface area contributed by atoms with E-state index in [1.165, 1.54) is 0 Å². The molecule has 2 aromatic heterocycles. The number of carbonyl (C=O) groups is 1. The van der Waals surface area contributed by atoms with Crippen molar-refractivity contribution in [3.63, 3.8) is 0 Å². The molecule has 3 aromatic rings. The maximum Gasteiger partial charge on any atom is 0.256 e. The highest BCUT2D eigenvalue weighted by Gasteiger charge is 2.26. The van der Waals surface area contributed by atoms with Crippen LogP contribution in [0.15, 0.2) is 30.6 Å². The normalized spacial score (nSPS) is 13.6. The minimum atomic E-state index is 0.0130. The number of amides is 1. The Kier molecular flexibility index (Phi) is 4.26. The Hall–Kier alpha value is -3.02. The predicted octanol–water partition coefficient (Wildman–Crippen LogP) is 2.91. The van der Waals surface area contributed by atoms with Crippen LogP contribution in [-0.4, -0.2) is 46.4 Å². The lowest BCUT2D eigenvalue weighted by Crippen LogP contribution is -2.37. The van der Waals surface area contributed by atoms with Gasteiger partial charge in [-0.1, -0.05) is 18.2 Å². The standard InChI is InChI=1S/C21H23N5O/c1-13-6-5-7-15-10-17(14(2)24-19(13)15)21(27)26-9-8-16-18(11-26)22-12-23-20(16)25(3)4/h5-7,10,12H,8-9,11H2,1-4H3. The Bertz CT molecular complexity index is 1040. The first-order valence-electron chi connectivity index (χ1n) is 9.12. The number of fused-ring (bicyclic) bond motifs is 2. The van der Waals surface area contributed by atoms with Gasteiger partial charge in [-0.2, -0.15) is 0 Å². The van der Waals surface area contributed by atoms with Gasteiger partial charge in [-0.3, -0.25) is 9.78 Å². The minimum Gasteiger partial charge on any atom is -0.362 e. The summed E-state index contributed by atoms with van der Waals surface area (Å²) in [5.41, 5.74) is 5.57. The van der Waals surface area contributed by atoms with Crippen molar-refractivity contribution in [2.75, 3.05) is 25.5 Å². The van der Waals surface area contributed by atoms with Gasteiger partial charge in [0.25, 0.3) is 5.91 Å². The molecule has 3 heterocycles. The number of carbonyl (C=O) groups excluding carboxylic acids is 1. The summed E-state index contributed by atoms with van der Waals surface area (Å²) in [5, 5.41) is 0.999. The molecule has 0 atom stereocenters. The zero-order valence-electron chi connectivity index (χ0n) is 16.2. The molecule has 1 amide bonds. The van der Waals surface area contributed by atoms with Gasteiger partial charge in [0.15, 0.2) is 0 Å². The first-order valence-corrected chi connectivity index (χ1v) is 9.12. The van der Waals surface area contributed by atoms with E-state index in [2.05, 4.69) is 9.97 Å². The number of aromatic nitrogens is 3. The van der Waals surface area contributed by atoms with Gasteiger partial charge in [0.2, 0.25) is 0 Å². The van der Waals surface area contributed by atoms with Crippen LogP contribution in [0.1, 0.15) is 32.9 Å². The lowest BCUT2D eigenvalue weighted by molar-refractivity contribution is 0.0730. The average molecular weight is 361 g/mol. The van der Waals surface area contributed by atoms with Crippen molar-refractivity contribution in [3.8, 4) is 0 Å². The molecule has 0 N–H and O–H groups in total. The first kappa shape index (κ1) is 17.4. The van der Waals surface area contributed by atoms with E-state index in [1.807, 2.05) is 62.0 Å². The van der Waals surface area contributed by atoms with E-state index in [-0.39, 0.29) is 5.91 Å². The summed E-state index contributed by atoms with van der Waals surface area (Å²) in [6.07, 6.45) is 2.34. The van der Waals surface area contributed by atoms with E-state index in [4.69, 9.17) is 4.98 Å². The number of benzene rings is 1. The third-order valence-corrected chi connectivity index (χ3v) is 5.16. The third-order valence-electron chi connectivity index (χ3n) is 5.16. The second kappa shape index (κ2) is 6.61. The summed E-state index contributed by atoms with van der Waals surface area (Å²) in [6.45, 7) is 5.11. The van der Waals surface area contributed by atoms with Crippen molar-refractivity contribution in [1.82, 2.24) is 19.9 Å². The van der Waals surface area contributed by atoms with Crippen molar-refractivity contribution < 1.29 is 4.79 Å². The van der Waals surface area contributed by atoms with Crippen LogP contribution in [-0.2, 0) is 13.0 Å². The van der Waals surface area contributed by atoms with Crippen LogP contribution >= 0.6 is 0 Å². The van der Waals surface area contributed by atoms with Gasteiger partial charge in [0.1, 0.15) is 12.1 Å². The third kappa shape index (κ3) is 3.01. The highest BCUT2D eigenvalue weighted by molar-refractivity contribution is 5.99. The zero-order valence-corrected chi connectivity index (χ0v) is 16.2. The van der Waals surface area contributed by atoms with E-state index in [0.717, 1.165) is 45.7 Å². The van der Waals surface area contributed by atoms with Crippen molar-refractivity contribution >= 4 is 22.6 Å². The molecule has 0 radical (unpaired) electrons. The van der Waals surface area contributed by atoms with E-state index < -0.39 is 0 Å². The lowest BCUT2D eigenvalue weighted by atomic mass is 10.0. The van der Waals surface area contributed by atoms with Gasteiger partial charge in [0.05, 0.1) is 29.0 Å². The number of nitrogens with zero attached hydrogens (tertiary/aromatic N) is 5. The molecule has 27 heavy (non-hydrogen) atoms. The molecule has 1 aliphatic heterocycles. The van der Waals surface area contributed by atoms with Crippen LogP contribution in [0.3, 0.4) is 0 Å². The fourth-order valence-electron chi connectivity index (χ4n) is 3.72. The molecule has 4 rings (SSSR count). The van der Waals surface area contributed by atoms with Gasteiger partial charge >= 0.3 is 0 Å². The topological polar surface area (TPSA) is 62.2 Å².